The lowest BCUT2D eigenvalue weighted by atomic mass is 10.2. The van der Waals surface area contributed by atoms with Crippen LogP contribution >= 0.6 is 0 Å². The molecule has 0 amide bonds. The number of hydrogen-bond acceptors (Lipinski definition) is 5. The minimum Gasteiger partial charge on any atom is -0.461 e. The van der Waals surface area contributed by atoms with E-state index in [0.717, 1.165) is 16.7 Å². The van der Waals surface area contributed by atoms with E-state index < -0.39 is 10.0 Å². The summed E-state index contributed by atoms with van der Waals surface area (Å²) in [6.07, 6.45) is 4.01. The highest BCUT2D eigenvalue weighted by atomic mass is 32.2. The van der Waals surface area contributed by atoms with E-state index in [-0.39, 0.29) is 6.04 Å². The molecular formula is C21H20N4O3S. The van der Waals surface area contributed by atoms with Crippen LogP contribution in [-0.2, 0) is 10.0 Å². The Hall–Kier alpha value is -2.97. The molecule has 1 aliphatic rings. The fraction of sp³-hybridized carbons (Fsp3) is 0.238. The summed E-state index contributed by atoms with van der Waals surface area (Å²) in [6, 6.07) is 14.3. The molecule has 0 aliphatic carbocycles. The molecule has 4 aromatic rings. The molecule has 0 bridgehead atoms. The third-order valence-corrected chi connectivity index (χ3v) is 7.22. The van der Waals surface area contributed by atoms with E-state index in [0.29, 0.717) is 36.0 Å². The fourth-order valence-corrected chi connectivity index (χ4v) is 5.35. The smallest absolute Gasteiger partial charge is 0.243 e. The van der Waals surface area contributed by atoms with Gasteiger partial charge in [-0.1, -0.05) is 17.7 Å². The molecule has 3 aromatic heterocycles. The zero-order chi connectivity index (χ0) is 20.0. The molecule has 0 N–H and O–H groups in total. The van der Waals surface area contributed by atoms with Crippen molar-refractivity contribution >= 4 is 21.2 Å². The number of furan rings is 1. The first-order chi connectivity index (χ1) is 14.0. The van der Waals surface area contributed by atoms with Crippen LogP contribution in [0.25, 0.3) is 22.7 Å². The van der Waals surface area contributed by atoms with Crippen molar-refractivity contribution in [1.82, 2.24) is 18.8 Å². The summed E-state index contributed by atoms with van der Waals surface area (Å²) < 4.78 is 35.3. The fourth-order valence-electron chi connectivity index (χ4n) is 3.85. The van der Waals surface area contributed by atoms with Crippen molar-refractivity contribution in [2.75, 3.05) is 13.1 Å². The molecule has 0 saturated carbocycles. The summed E-state index contributed by atoms with van der Waals surface area (Å²) in [5.41, 5.74) is 2.53. The minimum absolute atomic E-state index is 0.0739. The third kappa shape index (κ3) is 3.04. The average molecular weight is 408 g/mol. The van der Waals surface area contributed by atoms with E-state index in [2.05, 4.69) is 4.98 Å². The van der Waals surface area contributed by atoms with Gasteiger partial charge in [0.25, 0.3) is 0 Å². The Morgan fingerprint density at radius 3 is 2.69 bits per heavy atom. The Kier molecular flexibility index (Phi) is 4.25. The highest BCUT2D eigenvalue weighted by Gasteiger charge is 2.35. The van der Waals surface area contributed by atoms with Gasteiger partial charge < -0.3 is 8.98 Å². The van der Waals surface area contributed by atoms with Crippen molar-refractivity contribution in [2.24, 2.45) is 0 Å². The number of benzene rings is 1. The van der Waals surface area contributed by atoms with Crippen LogP contribution in [0.3, 0.4) is 0 Å². The molecule has 4 heterocycles. The summed E-state index contributed by atoms with van der Waals surface area (Å²) in [7, 11) is -3.54. The minimum atomic E-state index is -3.54. The van der Waals surface area contributed by atoms with E-state index in [1.165, 1.54) is 0 Å². The molecule has 1 saturated heterocycles. The molecule has 0 spiro atoms. The first-order valence-corrected chi connectivity index (χ1v) is 10.9. The highest BCUT2D eigenvalue weighted by molar-refractivity contribution is 7.89. The van der Waals surface area contributed by atoms with Crippen molar-refractivity contribution in [1.29, 1.82) is 0 Å². The van der Waals surface area contributed by atoms with Crippen molar-refractivity contribution in [3.8, 4) is 11.6 Å². The molecule has 1 atom stereocenters. The van der Waals surface area contributed by atoms with Gasteiger partial charge >= 0.3 is 0 Å². The number of aromatic nitrogens is 3. The molecule has 8 heteroatoms. The average Bonchev–Trinajstić information content (AvgIpc) is 3.46. The maximum absolute atomic E-state index is 13.1. The number of rotatable bonds is 4. The van der Waals surface area contributed by atoms with Gasteiger partial charge in [-0.05, 0) is 49.7 Å². The number of nitrogens with zero attached hydrogens (tertiary/aromatic N) is 4. The summed E-state index contributed by atoms with van der Waals surface area (Å²) in [4.78, 5) is 9.52. The van der Waals surface area contributed by atoms with Gasteiger partial charge in [-0.2, -0.15) is 4.31 Å². The monoisotopic (exact) mass is 408 g/mol. The van der Waals surface area contributed by atoms with Gasteiger partial charge in [0.2, 0.25) is 10.0 Å². The van der Waals surface area contributed by atoms with Crippen LogP contribution in [0.1, 0.15) is 18.0 Å². The number of imidazole rings is 1. The van der Waals surface area contributed by atoms with Crippen LogP contribution in [0, 0.1) is 6.92 Å². The van der Waals surface area contributed by atoms with Crippen LogP contribution in [0.2, 0.25) is 0 Å². The van der Waals surface area contributed by atoms with Crippen LogP contribution in [0.5, 0.6) is 0 Å². The topological polar surface area (TPSA) is 81.2 Å². The summed E-state index contributed by atoms with van der Waals surface area (Å²) >= 11 is 0. The van der Waals surface area contributed by atoms with E-state index in [1.54, 1.807) is 28.9 Å². The Bertz CT molecular complexity index is 1260. The second kappa shape index (κ2) is 6.82. The largest absolute Gasteiger partial charge is 0.461 e. The van der Waals surface area contributed by atoms with Gasteiger partial charge in [0.1, 0.15) is 5.52 Å². The second-order valence-corrected chi connectivity index (χ2v) is 9.19. The molecule has 148 valence electrons. The quantitative estimate of drug-likeness (QED) is 0.515. The molecular weight excluding hydrogens is 388 g/mol. The van der Waals surface area contributed by atoms with E-state index in [9.17, 15) is 8.42 Å². The lowest BCUT2D eigenvalue weighted by Gasteiger charge is -2.18. The predicted octanol–water partition coefficient (Wildman–Crippen LogP) is 3.64. The Labute approximate surface area is 168 Å². The van der Waals surface area contributed by atoms with E-state index in [1.807, 2.05) is 47.9 Å². The van der Waals surface area contributed by atoms with Gasteiger partial charge in [-0.3, -0.25) is 0 Å². The van der Waals surface area contributed by atoms with Gasteiger partial charge in [-0.25, -0.2) is 18.4 Å². The van der Waals surface area contributed by atoms with Crippen molar-refractivity contribution in [2.45, 2.75) is 24.3 Å². The van der Waals surface area contributed by atoms with Crippen molar-refractivity contribution < 1.29 is 12.8 Å². The zero-order valence-corrected chi connectivity index (χ0v) is 16.7. The normalized spacial score (nSPS) is 17.9. The predicted molar refractivity (Wildman–Crippen MR) is 109 cm³/mol. The Morgan fingerprint density at radius 2 is 1.93 bits per heavy atom. The van der Waals surface area contributed by atoms with E-state index >= 15 is 0 Å². The SMILES string of the molecule is Cc1ccc(S(=O)(=O)N2CC[C@H](n3c(-c4ccco4)nc4cccnc43)C2)cc1. The maximum atomic E-state index is 13.1. The first kappa shape index (κ1) is 18.1. The van der Waals surface area contributed by atoms with Gasteiger partial charge in [0.15, 0.2) is 17.2 Å². The third-order valence-electron chi connectivity index (χ3n) is 5.34. The lowest BCUT2D eigenvalue weighted by Crippen LogP contribution is -2.29. The van der Waals surface area contributed by atoms with E-state index in [4.69, 9.17) is 9.40 Å². The molecule has 29 heavy (non-hydrogen) atoms. The Morgan fingerprint density at radius 1 is 1.10 bits per heavy atom. The summed E-state index contributed by atoms with van der Waals surface area (Å²) in [5, 5.41) is 0. The number of sulfonamides is 1. The first-order valence-electron chi connectivity index (χ1n) is 9.48. The van der Waals surface area contributed by atoms with Crippen LogP contribution in [-0.4, -0.2) is 40.3 Å². The summed E-state index contributed by atoms with van der Waals surface area (Å²) in [5.74, 6) is 1.31. The van der Waals surface area contributed by atoms with Crippen molar-refractivity contribution in [3.63, 3.8) is 0 Å². The number of aryl methyl sites for hydroxylation is 1. The van der Waals surface area contributed by atoms with Crippen LogP contribution < -0.4 is 0 Å². The molecule has 0 unspecified atom stereocenters. The molecule has 1 aromatic carbocycles. The Balaban J connectivity index is 1.53. The molecule has 1 fully saturated rings. The molecule has 7 nitrogen and oxygen atoms in total. The maximum Gasteiger partial charge on any atom is 0.243 e. The van der Waals surface area contributed by atoms with Crippen molar-refractivity contribution in [3.05, 3.63) is 66.6 Å². The van der Waals surface area contributed by atoms with Gasteiger partial charge in [0, 0.05) is 19.3 Å². The van der Waals surface area contributed by atoms with Crippen LogP contribution in [0.15, 0.2) is 70.3 Å². The zero-order valence-electron chi connectivity index (χ0n) is 15.9. The van der Waals surface area contributed by atoms with Gasteiger partial charge in [-0.15, -0.1) is 0 Å². The molecule has 1 aliphatic heterocycles. The highest BCUT2D eigenvalue weighted by Crippen LogP contribution is 2.34. The standard InChI is InChI=1S/C21H20N4O3S/c1-15-6-8-17(9-7-15)29(26,27)24-12-10-16(14-24)25-20-18(4-2-11-22-20)23-21(25)19-5-3-13-28-19/h2-9,11,13,16H,10,12,14H2,1H3/t16-/m0/s1. The lowest BCUT2D eigenvalue weighted by molar-refractivity contribution is 0.453. The number of pyridine rings is 1. The molecule has 0 radical (unpaired) electrons. The molecule has 5 rings (SSSR count). The summed E-state index contributed by atoms with van der Waals surface area (Å²) in [6.45, 7) is 2.76. The number of hydrogen-bond donors (Lipinski definition) is 0. The second-order valence-electron chi connectivity index (χ2n) is 7.25. The van der Waals surface area contributed by atoms with Gasteiger partial charge in [0.05, 0.1) is 17.2 Å². The number of fused-ring (bicyclic) bond motifs is 1. The van der Waals surface area contributed by atoms with Crippen LogP contribution in [0.4, 0.5) is 0 Å².